The second-order valence-corrected chi connectivity index (χ2v) is 5.74. The summed E-state index contributed by atoms with van der Waals surface area (Å²) in [6.45, 7) is 0. The van der Waals surface area contributed by atoms with E-state index in [1.807, 2.05) is 0 Å². The van der Waals surface area contributed by atoms with Crippen LogP contribution in [-0.2, 0) is 4.79 Å². The van der Waals surface area contributed by atoms with E-state index in [4.69, 9.17) is 13.9 Å². The Kier molecular flexibility index (Phi) is 5.55. The maximum absolute atomic E-state index is 12.3. The lowest BCUT2D eigenvalue weighted by atomic mass is 10.1. The van der Waals surface area contributed by atoms with Crippen LogP contribution in [0.15, 0.2) is 63.8 Å². The minimum atomic E-state index is -0.856. The van der Waals surface area contributed by atoms with E-state index in [9.17, 15) is 14.4 Å². The van der Waals surface area contributed by atoms with E-state index < -0.39 is 17.4 Å². The molecule has 2 aromatic carbocycles. The number of fused-ring (bicyclic) bond motifs is 1. The molecule has 0 spiro atoms. The van der Waals surface area contributed by atoms with Gasteiger partial charge in [0.25, 0.3) is 11.8 Å². The molecule has 7 heteroatoms. The summed E-state index contributed by atoms with van der Waals surface area (Å²) in [7, 11) is 3.02. The fourth-order valence-corrected chi connectivity index (χ4v) is 2.56. The summed E-state index contributed by atoms with van der Waals surface area (Å²) in [5, 5.41) is 2.60. The molecule has 1 aromatic heterocycles. The molecule has 1 heterocycles. The topological polar surface area (TPSA) is 94.8 Å². The summed E-state index contributed by atoms with van der Waals surface area (Å²) in [4.78, 5) is 36.4. The lowest BCUT2D eigenvalue weighted by Gasteiger charge is -2.06. The maximum Gasteiger partial charge on any atom is 0.349 e. The van der Waals surface area contributed by atoms with Gasteiger partial charge in [-0.3, -0.25) is 14.9 Å². The summed E-state index contributed by atoms with van der Waals surface area (Å²) < 4.78 is 15.4. The number of nitrogens with one attached hydrogen (secondary N) is 1. The number of benzene rings is 2. The van der Waals surface area contributed by atoms with Crippen molar-refractivity contribution < 1.29 is 23.5 Å². The van der Waals surface area contributed by atoms with E-state index in [1.165, 1.54) is 25.3 Å². The highest BCUT2D eigenvalue weighted by Crippen LogP contribution is 2.24. The molecule has 0 bridgehead atoms. The van der Waals surface area contributed by atoms with E-state index in [-0.39, 0.29) is 11.1 Å². The number of methoxy groups -OCH3 is 2. The average Bonchev–Trinajstić information content (AvgIpc) is 2.71. The van der Waals surface area contributed by atoms with Gasteiger partial charge in [0.1, 0.15) is 22.6 Å². The van der Waals surface area contributed by atoms with Crippen molar-refractivity contribution in [2.75, 3.05) is 14.2 Å². The highest BCUT2D eigenvalue weighted by atomic mass is 16.5. The molecule has 7 nitrogen and oxygen atoms in total. The summed E-state index contributed by atoms with van der Waals surface area (Å²) in [6.07, 6.45) is 2.73. The van der Waals surface area contributed by atoms with Crippen molar-refractivity contribution >= 4 is 28.9 Å². The van der Waals surface area contributed by atoms with E-state index in [0.29, 0.717) is 16.9 Å². The van der Waals surface area contributed by atoms with Crippen LogP contribution >= 0.6 is 0 Å². The van der Waals surface area contributed by atoms with Crippen molar-refractivity contribution in [2.45, 2.75) is 0 Å². The summed E-state index contributed by atoms with van der Waals surface area (Å²) >= 11 is 0. The molecule has 0 aliphatic carbocycles. The maximum atomic E-state index is 12.3. The van der Waals surface area contributed by atoms with E-state index in [0.717, 1.165) is 5.56 Å². The van der Waals surface area contributed by atoms with Crippen molar-refractivity contribution in [3.63, 3.8) is 0 Å². The zero-order valence-corrected chi connectivity index (χ0v) is 15.2. The molecule has 0 fully saturated rings. The monoisotopic (exact) mass is 379 g/mol. The van der Waals surface area contributed by atoms with Gasteiger partial charge in [-0.2, -0.15) is 0 Å². The van der Waals surface area contributed by atoms with Gasteiger partial charge in [0.05, 0.1) is 19.6 Å². The third-order valence-electron chi connectivity index (χ3n) is 3.98. The van der Waals surface area contributed by atoms with Crippen molar-refractivity contribution in [1.29, 1.82) is 0 Å². The van der Waals surface area contributed by atoms with Crippen LogP contribution in [0.25, 0.3) is 17.0 Å². The predicted octanol–water partition coefficient (Wildman–Crippen LogP) is 2.78. The molecule has 1 N–H and O–H groups in total. The number of hydrogen-bond donors (Lipinski definition) is 1. The smallest absolute Gasteiger partial charge is 0.349 e. The Bertz CT molecular complexity index is 1110. The van der Waals surface area contributed by atoms with Crippen LogP contribution in [0.4, 0.5) is 0 Å². The highest BCUT2D eigenvalue weighted by molar-refractivity contribution is 6.09. The molecule has 2 amide bonds. The molecule has 0 unspecified atom stereocenters. The fraction of sp³-hybridized carbons (Fsp3) is 0.0952. The first-order valence-electron chi connectivity index (χ1n) is 8.30. The number of hydrogen-bond acceptors (Lipinski definition) is 6. The molecular weight excluding hydrogens is 362 g/mol. The lowest BCUT2D eigenvalue weighted by molar-refractivity contribution is -0.115. The first kappa shape index (κ1) is 18.9. The second kappa shape index (κ2) is 8.22. The van der Waals surface area contributed by atoms with Crippen LogP contribution in [0.2, 0.25) is 0 Å². The van der Waals surface area contributed by atoms with Crippen molar-refractivity contribution in [2.24, 2.45) is 0 Å². The Balaban J connectivity index is 1.78. The first-order valence-corrected chi connectivity index (χ1v) is 8.30. The SMILES string of the molecule is COc1ccc(/C=C/C(=O)NC(=O)c2cc3c(OC)cccc3oc2=O)cc1. The van der Waals surface area contributed by atoms with Gasteiger partial charge in [0.15, 0.2) is 0 Å². The lowest BCUT2D eigenvalue weighted by Crippen LogP contribution is -2.32. The molecule has 0 aliphatic heterocycles. The Labute approximate surface area is 160 Å². The molecule has 0 saturated heterocycles. The van der Waals surface area contributed by atoms with Crippen LogP contribution in [0.1, 0.15) is 15.9 Å². The van der Waals surface area contributed by atoms with Gasteiger partial charge in [-0.1, -0.05) is 18.2 Å². The van der Waals surface area contributed by atoms with Crippen LogP contribution in [-0.4, -0.2) is 26.0 Å². The Hall–Kier alpha value is -3.87. The van der Waals surface area contributed by atoms with E-state index >= 15 is 0 Å². The fourth-order valence-electron chi connectivity index (χ4n) is 2.56. The minimum Gasteiger partial charge on any atom is -0.497 e. The van der Waals surface area contributed by atoms with Gasteiger partial charge in [-0.15, -0.1) is 0 Å². The summed E-state index contributed by atoms with van der Waals surface area (Å²) in [5.74, 6) is -0.387. The molecule has 3 rings (SSSR count). The van der Waals surface area contributed by atoms with Crippen molar-refractivity contribution in [3.8, 4) is 11.5 Å². The second-order valence-electron chi connectivity index (χ2n) is 5.74. The van der Waals surface area contributed by atoms with Crippen LogP contribution in [0.5, 0.6) is 11.5 Å². The van der Waals surface area contributed by atoms with Gasteiger partial charge < -0.3 is 13.9 Å². The minimum absolute atomic E-state index is 0.284. The summed E-state index contributed by atoms with van der Waals surface area (Å²) in [6, 6.07) is 13.3. The molecule has 28 heavy (non-hydrogen) atoms. The third kappa shape index (κ3) is 4.09. The number of ether oxygens (including phenoxy) is 2. The van der Waals surface area contributed by atoms with E-state index in [2.05, 4.69) is 5.32 Å². The number of rotatable bonds is 5. The molecule has 0 radical (unpaired) electrons. The molecule has 0 saturated carbocycles. The number of imide groups is 1. The van der Waals surface area contributed by atoms with Gasteiger partial charge in [-0.05, 0) is 42.0 Å². The zero-order chi connectivity index (χ0) is 20.1. The highest BCUT2D eigenvalue weighted by Gasteiger charge is 2.17. The first-order chi connectivity index (χ1) is 13.5. The summed E-state index contributed by atoms with van der Waals surface area (Å²) in [5.41, 5.74) is -0.0987. The third-order valence-corrected chi connectivity index (χ3v) is 3.98. The molecule has 0 aliphatic rings. The normalized spacial score (nSPS) is 10.8. The number of carbonyl (C=O) groups is 2. The average molecular weight is 379 g/mol. The molecule has 142 valence electrons. The molecule has 3 aromatic rings. The predicted molar refractivity (Wildman–Crippen MR) is 104 cm³/mol. The van der Waals surface area contributed by atoms with Crippen LogP contribution < -0.4 is 20.4 Å². The van der Waals surface area contributed by atoms with Crippen LogP contribution in [0.3, 0.4) is 0 Å². The van der Waals surface area contributed by atoms with E-state index in [1.54, 1.807) is 49.6 Å². The van der Waals surface area contributed by atoms with Crippen LogP contribution in [0, 0.1) is 0 Å². The Morgan fingerprint density at radius 1 is 1.04 bits per heavy atom. The quantitative estimate of drug-likeness (QED) is 0.541. The van der Waals surface area contributed by atoms with Gasteiger partial charge in [0.2, 0.25) is 0 Å². The number of carbonyl (C=O) groups excluding carboxylic acids is 2. The number of amides is 2. The standard InChI is InChI=1S/C21H17NO6/c1-26-14-9-6-13(7-10-14)8-11-19(23)22-20(24)16-12-15-17(27-2)4-3-5-18(15)28-21(16)25/h3-12H,1-2H3,(H,22,23,24)/b11-8+. The largest absolute Gasteiger partial charge is 0.497 e. The van der Waals surface area contributed by atoms with Gasteiger partial charge in [0, 0.05) is 6.08 Å². The van der Waals surface area contributed by atoms with Gasteiger partial charge >= 0.3 is 5.63 Å². The zero-order valence-electron chi connectivity index (χ0n) is 15.2. The van der Waals surface area contributed by atoms with Crippen molar-refractivity contribution in [1.82, 2.24) is 5.32 Å². The Morgan fingerprint density at radius 3 is 2.46 bits per heavy atom. The Morgan fingerprint density at radius 2 is 1.79 bits per heavy atom. The molecular formula is C21H17NO6. The van der Waals surface area contributed by atoms with Crippen molar-refractivity contribution in [3.05, 3.63) is 76.2 Å². The van der Waals surface area contributed by atoms with Gasteiger partial charge in [-0.25, -0.2) is 4.79 Å². The molecule has 0 atom stereocenters.